The Balaban J connectivity index is 1.86. The van der Waals surface area contributed by atoms with E-state index in [4.69, 9.17) is 0 Å². The van der Waals surface area contributed by atoms with Crippen molar-refractivity contribution in [1.82, 2.24) is 5.32 Å². The molecular formula is C15H14F3NO2S. The monoisotopic (exact) mass is 329 g/mol. The molecule has 1 heterocycles. The summed E-state index contributed by atoms with van der Waals surface area (Å²) in [6, 6.07) is 7.90. The molecular weight excluding hydrogens is 315 g/mol. The average molecular weight is 329 g/mol. The van der Waals surface area contributed by atoms with E-state index < -0.39 is 17.8 Å². The SMILES string of the molecule is O=C(Cc1cccs1)NCC(O)c1ccc(C(F)(F)F)cc1. The molecule has 0 aliphatic carbocycles. The first-order chi connectivity index (χ1) is 10.4. The molecule has 0 aliphatic rings. The van der Waals surface area contributed by atoms with Crippen LogP contribution < -0.4 is 5.32 Å². The summed E-state index contributed by atoms with van der Waals surface area (Å²) in [6.45, 7) is -0.0461. The summed E-state index contributed by atoms with van der Waals surface area (Å²) in [4.78, 5) is 12.6. The van der Waals surface area contributed by atoms with Crippen molar-refractivity contribution in [2.45, 2.75) is 18.7 Å². The standard InChI is InChI=1S/C15H14F3NO2S/c16-15(17,18)11-5-3-10(4-6-11)13(20)9-19-14(21)8-12-2-1-7-22-12/h1-7,13,20H,8-9H2,(H,19,21). The highest BCUT2D eigenvalue weighted by Crippen LogP contribution is 2.29. The zero-order valence-electron chi connectivity index (χ0n) is 11.4. The van der Waals surface area contributed by atoms with Crippen molar-refractivity contribution in [3.63, 3.8) is 0 Å². The number of benzene rings is 1. The van der Waals surface area contributed by atoms with Crippen LogP contribution >= 0.6 is 11.3 Å². The van der Waals surface area contributed by atoms with Crippen molar-refractivity contribution in [3.05, 3.63) is 57.8 Å². The summed E-state index contributed by atoms with van der Waals surface area (Å²) in [6.07, 6.45) is -5.23. The van der Waals surface area contributed by atoms with Crippen molar-refractivity contribution >= 4 is 17.2 Å². The summed E-state index contributed by atoms with van der Waals surface area (Å²) >= 11 is 1.46. The number of hydrogen-bond acceptors (Lipinski definition) is 3. The Hall–Kier alpha value is -1.86. The van der Waals surface area contributed by atoms with Crippen LogP contribution in [0, 0.1) is 0 Å². The maximum atomic E-state index is 12.4. The second-order valence-electron chi connectivity index (χ2n) is 4.70. The van der Waals surface area contributed by atoms with Gasteiger partial charge in [-0.25, -0.2) is 0 Å². The van der Waals surface area contributed by atoms with E-state index in [0.29, 0.717) is 5.56 Å². The molecule has 1 amide bonds. The van der Waals surface area contributed by atoms with Gasteiger partial charge in [-0.05, 0) is 29.1 Å². The predicted molar refractivity (Wildman–Crippen MR) is 77.4 cm³/mol. The second kappa shape index (κ2) is 6.93. The Labute approximate surface area is 129 Å². The molecule has 1 aromatic heterocycles. The highest BCUT2D eigenvalue weighted by atomic mass is 32.1. The lowest BCUT2D eigenvalue weighted by Gasteiger charge is -2.13. The highest BCUT2D eigenvalue weighted by Gasteiger charge is 2.30. The fraction of sp³-hybridized carbons (Fsp3) is 0.267. The molecule has 0 aliphatic heterocycles. The Morgan fingerprint density at radius 1 is 1.23 bits per heavy atom. The Morgan fingerprint density at radius 3 is 2.45 bits per heavy atom. The quantitative estimate of drug-likeness (QED) is 0.885. The Kier molecular flexibility index (Phi) is 5.20. The molecule has 118 valence electrons. The summed E-state index contributed by atoms with van der Waals surface area (Å²) in [5, 5.41) is 14.3. The number of halogens is 3. The molecule has 0 saturated carbocycles. The zero-order valence-corrected chi connectivity index (χ0v) is 12.2. The van der Waals surface area contributed by atoms with E-state index in [2.05, 4.69) is 5.32 Å². The zero-order chi connectivity index (χ0) is 16.2. The molecule has 1 atom stereocenters. The molecule has 22 heavy (non-hydrogen) atoms. The van der Waals surface area contributed by atoms with E-state index in [1.54, 1.807) is 0 Å². The van der Waals surface area contributed by atoms with Crippen LogP contribution in [0.3, 0.4) is 0 Å². The molecule has 1 aromatic carbocycles. The number of aliphatic hydroxyl groups is 1. The van der Waals surface area contributed by atoms with Gasteiger partial charge in [0.1, 0.15) is 0 Å². The van der Waals surface area contributed by atoms with Crippen LogP contribution in [0.4, 0.5) is 13.2 Å². The van der Waals surface area contributed by atoms with Crippen LogP contribution in [0.25, 0.3) is 0 Å². The normalized spacial score (nSPS) is 12.9. The molecule has 2 rings (SSSR count). The summed E-state index contributed by atoms with van der Waals surface area (Å²) in [7, 11) is 0. The maximum Gasteiger partial charge on any atom is 0.416 e. The lowest BCUT2D eigenvalue weighted by molar-refractivity contribution is -0.137. The van der Waals surface area contributed by atoms with Crippen molar-refractivity contribution in [2.75, 3.05) is 6.54 Å². The van der Waals surface area contributed by atoms with E-state index >= 15 is 0 Å². The summed E-state index contributed by atoms with van der Waals surface area (Å²) in [5.74, 6) is -0.242. The van der Waals surface area contributed by atoms with Crippen molar-refractivity contribution in [2.24, 2.45) is 0 Å². The molecule has 0 radical (unpaired) electrons. The molecule has 2 aromatic rings. The average Bonchev–Trinajstić information content (AvgIpc) is 2.97. The van der Waals surface area contributed by atoms with Gasteiger partial charge in [-0.2, -0.15) is 13.2 Å². The highest BCUT2D eigenvalue weighted by molar-refractivity contribution is 7.10. The van der Waals surface area contributed by atoms with Gasteiger partial charge in [0, 0.05) is 11.4 Å². The van der Waals surface area contributed by atoms with E-state index in [1.807, 2.05) is 17.5 Å². The molecule has 7 heteroatoms. The molecule has 0 fully saturated rings. The summed E-state index contributed by atoms with van der Waals surface area (Å²) in [5.41, 5.74) is -0.449. The number of carbonyl (C=O) groups is 1. The molecule has 0 spiro atoms. The third-order valence-electron chi connectivity index (χ3n) is 3.03. The van der Waals surface area contributed by atoms with Gasteiger partial charge in [0.05, 0.1) is 18.1 Å². The van der Waals surface area contributed by atoms with Gasteiger partial charge < -0.3 is 10.4 Å². The van der Waals surface area contributed by atoms with E-state index in [9.17, 15) is 23.1 Å². The van der Waals surface area contributed by atoms with Crippen LogP contribution in [0.1, 0.15) is 22.1 Å². The fourth-order valence-electron chi connectivity index (χ4n) is 1.86. The number of alkyl halides is 3. The van der Waals surface area contributed by atoms with Gasteiger partial charge in [-0.15, -0.1) is 11.3 Å². The topological polar surface area (TPSA) is 49.3 Å². The van der Waals surface area contributed by atoms with Crippen LogP contribution in [-0.2, 0) is 17.4 Å². The fourth-order valence-corrected chi connectivity index (χ4v) is 2.56. The predicted octanol–water partition coefficient (Wildman–Crippen LogP) is 3.16. The minimum Gasteiger partial charge on any atom is -0.387 e. The van der Waals surface area contributed by atoms with E-state index in [-0.39, 0.29) is 18.9 Å². The van der Waals surface area contributed by atoms with Crippen LogP contribution in [0.15, 0.2) is 41.8 Å². The third-order valence-corrected chi connectivity index (χ3v) is 3.91. The first-order valence-corrected chi connectivity index (χ1v) is 7.38. The number of nitrogens with one attached hydrogen (secondary N) is 1. The Bertz CT molecular complexity index is 609. The molecule has 0 bridgehead atoms. The van der Waals surface area contributed by atoms with Crippen LogP contribution in [-0.4, -0.2) is 17.6 Å². The maximum absolute atomic E-state index is 12.4. The number of aliphatic hydroxyl groups excluding tert-OH is 1. The number of carbonyl (C=O) groups excluding carboxylic acids is 1. The molecule has 0 saturated heterocycles. The van der Waals surface area contributed by atoms with Crippen molar-refractivity contribution < 1.29 is 23.1 Å². The van der Waals surface area contributed by atoms with Crippen molar-refractivity contribution in [3.8, 4) is 0 Å². The van der Waals surface area contributed by atoms with Gasteiger partial charge >= 0.3 is 6.18 Å². The van der Waals surface area contributed by atoms with Gasteiger partial charge in [-0.3, -0.25) is 4.79 Å². The van der Waals surface area contributed by atoms with Gasteiger partial charge in [0.15, 0.2) is 0 Å². The van der Waals surface area contributed by atoms with Gasteiger partial charge in [-0.1, -0.05) is 18.2 Å². The van der Waals surface area contributed by atoms with Gasteiger partial charge in [0.2, 0.25) is 5.91 Å². The van der Waals surface area contributed by atoms with E-state index in [1.165, 1.54) is 23.5 Å². The van der Waals surface area contributed by atoms with Crippen molar-refractivity contribution in [1.29, 1.82) is 0 Å². The van der Waals surface area contributed by atoms with Crippen LogP contribution in [0.5, 0.6) is 0 Å². The number of amides is 1. The minimum absolute atomic E-state index is 0.0461. The summed E-state index contributed by atoms with van der Waals surface area (Å²) < 4.78 is 37.3. The molecule has 3 nitrogen and oxygen atoms in total. The largest absolute Gasteiger partial charge is 0.416 e. The van der Waals surface area contributed by atoms with Crippen LogP contribution in [0.2, 0.25) is 0 Å². The lowest BCUT2D eigenvalue weighted by Crippen LogP contribution is -2.29. The first kappa shape index (κ1) is 16.5. The minimum atomic E-state index is -4.40. The number of rotatable bonds is 5. The smallest absolute Gasteiger partial charge is 0.387 e. The molecule has 1 unspecified atom stereocenters. The second-order valence-corrected chi connectivity index (χ2v) is 5.73. The van der Waals surface area contributed by atoms with E-state index in [0.717, 1.165) is 17.0 Å². The third kappa shape index (κ3) is 4.57. The Morgan fingerprint density at radius 2 is 1.91 bits per heavy atom. The number of thiophene rings is 1. The van der Waals surface area contributed by atoms with Gasteiger partial charge in [0.25, 0.3) is 0 Å². The first-order valence-electron chi connectivity index (χ1n) is 6.50. The lowest BCUT2D eigenvalue weighted by atomic mass is 10.1. The number of hydrogen-bond donors (Lipinski definition) is 2. The molecule has 2 N–H and O–H groups in total.